The van der Waals surface area contributed by atoms with E-state index >= 15 is 0 Å². The molecule has 0 fully saturated rings. The fourth-order valence-corrected chi connectivity index (χ4v) is 4.98. The molecule has 0 aliphatic carbocycles. The number of carbonyl (C=O) groups excluding carboxylic acids is 1. The van der Waals surface area contributed by atoms with Crippen molar-refractivity contribution < 1.29 is 17.9 Å². The SMILES string of the molecule is CCOc1ccccc1-n1c(C)cc(C=C(C#N)C(=O)Nc2nc(S(=O)(=O)C(C)C)ns2)c1C. The predicted octanol–water partition coefficient (Wildman–Crippen LogP) is 4.07. The average Bonchev–Trinajstić information content (AvgIpc) is 3.37. The Morgan fingerprint density at radius 1 is 1.32 bits per heavy atom. The normalized spacial score (nSPS) is 12.0. The van der Waals surface area contributed by atoms with Gasteiger partial charge in [0.05, 0.1) is 17.5 Å². The van der Waals surface area contributed by atoms with Gasteiger partial charge in [-0.1, -0.05) is 12.1 Å². The van der Waals surface area contributed by atoms with Crippen LogP contribution in [0.25, 0.3) is 11.8 Å². The van der Waals surface area contributed by atoms with Crippen molar-refractivity contribution >= 4 is 38.5 Å². The highest BCUT2D eigenvalue weighted by Gasteiger charge is 2.25. The first-order chi connectivity index (χ1) is 16.1. The van der Waals surface area contributed by atoms with E-state index in [0.717, 1.165) is 34.4 Å². The van der Waals surface area contributed by atoms with E-state index in [2.05, 4.69) is 14.7 Å². The summed E-state index contributed by atoms with van der Waals surface area (Å²) in [6.45, 7) is 9.30. The van der Waals surface area contributed by atoms with Crippen LogP contribution >= 0.6 is 11.5 Å². The molecule has 11 heteroatoms. The maximum Gasteiger partial charge on any atom is 0.268 e. The third-order valence-corrected chi connectivity index (χ3v) is 7.72. The fourth-order valence-electron chi connectivity index (χ4n) is 3.28. The molecule has 1 aromatic carbocycles. The zero-order chi connectivity index (χ0) is 25.0. The lowest BCUT2D eigenvalue weighted by molar-refractivity contribution is -0.112. The highest BCUT2D eigenvalue weighted by molar-refractivity contribution is 7.91. The number of benzene rings is 1. The van der Waals surface area contributed by atoms with Gasteiger partial charge in [-0.3, -0.25) is 10.1 Å². The molecule has 0 aliphatic rings. The van der Waals surface area contributed by atoms with Gasteiger partial charge in [0.2, 0.25) is 15.0 Å². The molecule has 1 amide bonds. The molecule has 0 unspecified atom stereocenters. The van der Waals surface area contributed by atoms with Crippen molar-refractivity contribution in [1.29, 1.82) is 5.26 Å². The molecule has 0 radical (unpaired) electrons. The van der Waals surface area contributed by atoms with Gasteiger partial charge in [-0.25, -0.2) is 8.42 Å². The van der Waals surface area contributed by atoms with Crippen LogP contribution in [0.15, 0.2) is 41.1 Å². The molecule has 178 valence electrons. The van der Waals surface area contributed by atoms with Gasteiger partial charge in [-0.05, 0) is 64.5 Å². The van der Waals surface area contributed by atoms with E-state index in [-0.39, 0.29) is 15.9 Å². The number of ether oxygens (including phenoxy) is 1. The number of aryl methyl sites for hydroxylation is 1. The van der Waals surface area contributed by atoms with Crippen molar-refractivity contribution in [2.45, 2.75) is 45.0 Å². The number of nitriles is 1. The Bertz CT molecular complexity index is 1390. The second kappa shape index (κ2) is 10.2. The molecule has 0 saturated heterocycles. The fraction of sp³-hybridized carbons (Fsp3) is 0.304. The van der Waals surface area contributed by atoms with E-state index in [0.29, 0.717) is 12.2 Å². The summed E-state index contributed by atoms with van der Waals surface area (Å²) in [4.78, 5) is 16.6. The molecule has 0 spiro atoms. The summed E-state index contributed by atoms with van der Waals surface area (Å²) in [5, 5.41) is 11.0. The smallest absolute Gasteiger partial charge is 0.268 e. The van der Waals surface area contributed by atoms with Crippen molar-refractivity contribution in [3.05, 3.63) is 52.9 Å². The standard InChI is InChI=1S/C23H25N5O4S2/c1-6-32-20-10-8-7-9-19(20)28-15(4)11-17(16(28)5)12-18(13-24)21(29)25-22-26-23(27-33-22)34(30,31)14(2)3/h7-12,14H,6H2,1-5H3,(H,25,26,27,29). The molecule has 0 aliphatic heterocycles. The molecule has 0 atom stereocenters. The van der Waals surface area contributed by atoms with Crippen LogP contribution in [0.2, 0.25) is 0 Å². The van der Waals surface area contributed by atoms with Crippen LogP contribution in [0.5, 0.6) is 5.75 Å². The Kier molecular flexibility index (Phi) is 7.54. The number of para-hydroxylation sites is 2. The minimum absolute atomic E-state index is 0.00138. The Morgan fingerprint density at radius 2 is 2.03 bits per heavy atom. The first-order valence-corrected chi connectivity index (χ1v) is 12.8. The first-order valence-electron chi connectivity index (χ1n) is 10.5. The molecule has 2 aromatic heterocycles. The number of sulfone groups is 1. The van der Waals surface area contributed by atoms with Gasteiger partial charge in [0.1, 0.15) is 17.4 Å². The molecule has 0 saturated carbocycles. The van der Waals surface area contributed by atoms with Crippen LogP contribution < -0.4 is 10.1 Å². The number of anilines is 1. The van der Waals surface area contributed by atoms with Crippen molar-refractivity contribution in [3.63, 3.8) is 0 Å². The lowest BCUT2D eigenvalue weighted by Crippen LogP contribution is -2.16. The lowest BCUT2D eigenvalue weighted by Gasteiger charge is -2.14. The number of nitrogens with one attached hydrogen (secondary N) is 1. The Hall–Kier alpha value is -3.49. The summed E-state index contributed by atoms with van der Waals surface area (Å²) in [5.74, 6) is 0.0238. The van der Waals surface area contributed by atoms with Gasteiger partial charge in [0.25, 0.3) is 11.1 Å². The molecule has 1 N–H and O–H groups in total. The van der Waals surface area contributed by atoms with Crippen LogP contribution in [0.1, 0.15) is 37.7 Å². The van der Waals surface area contributed by atoms with E-state index < -0.39 is 21.0 Å². The monoisotopic (exact) mass is 499 g/mol. The second-order valence-electron chi connectivity index (χ2n) is 7.66. The number of nitrogens with zero attached hydrogens (tertiary/aromatic N) is 4. The van der Waals surface area contributed by atoms with Crippen LogP contribution in [0.3, 0.4) is 0 Å². The minimum atomic E-state index is -3.66. The number of hydrogen-bond acceptors (Lipinski definition) is 8. The van der Waals surface area contributed by atoms with Crippen molar-refractivity contribution in [2.24, 2.45) is 0 Å². The predicted molar refractivity (Wildman–Crippen MR) is 131 cm³/mol. The number of rotatable bonds is 8. The number of hydrogen-bond donors (Lipinski definition) is 1. The Balaban J connectivity index is 1.91. The van der Waals surface area contributed by atoms with Gasteiger partial charge in [0, 0.05) is 22.9 Å². The molecule has 3 aromatic rings. The van der Waals surface area contributed by atoms with Crippen LogP contribution in [-0.4, -0.2) is 40.1 Å². The van der Waals surface area contributed by atoms with Crippen LogP contribution in [0, 0.1) is 25.2 Å². The summed E-state index contributed by atoms with van der Waals surface area (Å²) < 4.78 is 36.0. The first kappa shape index (κ1) is 25.1. The van der Waals surface area contributed by atoms with Gasteiger partial charge >= 0.3 is 0 Å². The highest BCUT2D eigenvalue weighted by atomic mass is 32.2. The number of aromatic nitrogens is 3. The summed E-state index contributed by atoms with van der Waals surface area (Å²) in [6, 6.07) is 11.4. The van der Waals surface area contributed by atoms with Crippen molar-refractivity contribution in [1.82, 2.24) is 13.9 Å². The van der Waals surface area contributed by atoms with Crippen LogP contribution in [-0.2, 0) is 14.6 Å². The summed E-state index contributed by atoms with van der Waals surface area (Å²) in [5.41, 5.74) is 3.13. The molecule has 3 rings (SSSR count). The molecule has 9 nitrogen and oxygen atoms in total. The third-order valence-electron chi connectivity index (χ3n) is 5.04. The zero-order valence-corrected chi connectivity index (χ0v) is 21.1. The third kappa shape index (κ3) is 5.03. The van der Waals surface area contributed by atoms with E-state index in [9.17, 15) is 18.5 Å². The average molecular weight is 500 g/mol. The molecule has 0 bridgehead atoms. The summed E-state index contributed by atoms with van der Waals surface area (Å²) >= 11 is 0.743. The van der Waals surface area contributed by atoms with Crippen molar-refractivity contribution in [3.8, 4) is 17.5 Å². The maximum absolute atomic E-state index is 12.7. The summed E-state index contributed by atoms with van der Waals surface area (Å²) in [7, 11) is -3.66. The largest absolute Gasteiger partial charge is 0.492 e. The quantitative estimate of drug-likeness (QED) is 0.365. The Labute approximate surface area is 202 Å². The maximum atomic E-state index is 12.7. The molecular weight excluding hydrogens is 474 g/mol. The van der Waals surface area contributed by atoms with Gasteiger partial charge < -0.3 is 9.30 Å². The minimum Gasteiger partial charge on any atom is -0.492 e. The molecule has 34 heavy (non-hydrogen) atoms. The van der Waals surface area contributed by atoms with Crippen molar-refractivity contribution in [2.75, 3.05) is 11.9 Å². The van der Waals surface area contributed by atoms with E-state index in [1.54, 1.807) is 0 Å². The second-order valence-corrected chi connectivity index (χ2v) is 10.8. The number of carbonyl (C=O) groups is 1. The zero-order valence-electron chi connectivity index (χ0n) is 19.5. The van der Waals surface area contributed by atoms with Gasteiger partial charge in [-0.2, -0.15) is 14.6 Å². The van der Waals surface area contributed by atoms with E-state index in [1.165, 1.54) is 19.9 Å². The van der Waals surface area contributed by atoms with Crippen LogP contribution in [0.4, 0.5) is 5.13 Å². The topological polar surface area (TPSA) is 127 Å². The number of amides is 1. The van der Waals surface area contributed by atoms with E-state index in [1.807, 2.05) is 61.7 Å². The molecular formula is C23H25N5O4S2. The van der Waals surface area contributed by atoms with Gasteiger partial charge in [-0.15, -0.1) is 0 Å². The highest BCUT2D eigenvalue weighted by Crippen LogP contribution is 2.29. The Morgan fingerprint density at radius 3 is 2.68 bits per heavy atom. The molecule has 2 heterocycles. The summed E-state index contributed by atoms with van der Waals surface area (Å²) in [6.07, 6.45) is 1.49. The van der Waals surface area contributed by atoms with E-state index in [4.69, 9.17) is 4.74 Å². The lowest BCUT2D eigenvalue weighted by atomic mass is 10.1. The van der Waals surface area contributed by atoms with Gasteiger partial charge in [0.15, 0.2) is 0 Å².